The summed E-state index contributed by atoms with van der Waals surface area (Å²) in [5.41, 5.74) is 0.788. The van der Waals surface area contributed by atoms with Gasteiger partial charge >= 0.3 is 0 Å². The molecule has 1 heterocycles. The smallest absolute Gasteiger partial charge is 0.234 e. The van der Waals surface area contributed by atoms with Crippen LogP contribution in [0.2, 0.25) is 0 Å². The highest BCUT2D eigenvalue weighted by Crippen LogP contribution is 2.15. The second-order valence-corrected chi connectivity index (χ2v) is 8.45. The molecule has 0 saturated carbocycles. The summed E-state index contributed by atoms with van der Waals surface area (Å²) < 4.78 is 0.981. The summed E-state index contributed by atoms with van der Waals surface area (Å²) in [5.74, 6) is 1.23. The van der Waals surface area contributed by atoms with Gasteiger partial charge in [0, 0.05) is 42.0 Å². The molecule has 0 bridgehead atoms. The van der Waals surface area contributed by atoms with Crippen molar-refractivity contribution in [1.29, 1.82) is 0 Å². The van der Waals surface area contributed by atoms with Crippen LogP contribution in [0.3, 0.4) is 0 Å². The first kappa shape index (κ1) is 21.3. The Morgan fingerprint density at radius 1 is 1.15 bits per heavy atom. The van der Waals surface area contributed by atoms with Gasteiger partial charge in [0.2, 0.25) is 11.8 Å². The van der Waals surface area contributed by atoms with Crippen LogP contribution in [0.15, 0.2) is 28.7 Å². The lowest BCUT2D eigenvalue weighted by molar-refractivity contribution is -0.130. The Morgan fingerprint density at radius 3 is 2.65 bits per heavy atom. The van der Waals surface area contributed by atoms with E-state index in [0.717, 1.165) is 55.7 Å². The van der Waals surface area contributed by atoms with Crippen LogP contribution in [-0.2, 0) is 9.59 Å². The number of nitrogens with zero attached hydrogens (tertiary/aromatic N) is 2. The number of carbonyl (C=O) groups is 2. The second-order valence-electron chi connectivity index (χ2n) is 6.43. The number of thioether (sulfide) groups is 1. The van der Waals surface area contributed by atoms with Crippen LogP contribution >= 0.6 is 27.7 Å². The van der Waals surface area contributed by atoms with Crippen molar-refractivity contribution in [3.63, 3.8) is 0 Å². The van der Waals surface area contributed by atoms with Crippen LogP contribution in [0.25, 0.3) is 0 Å². The molecule has 1 saturated heterocycles. The maximum atomic E-state index is 12.4. The Labute approximate surface area is 169 Å². The maximum Gasteiger partial charge on any atom is 0.234 e. The molecule has 5 nitrogen and oxygen atoms in total. The van der Waals surface area contributed by atoms with Gasteiger partial charge in [-0.05, 0) is 50.2 Å². The first-order valence-corrected chi connectivity index (χ1v) is 11.2. The van der Waals surface area contributed by atoms with Crippen molar-refractivity contribution in [3.05, 3.63) is 28.7 Å². The van der Waals surface area contributed by atoms with E-state index >= 15 is 0 Å². The number of halogens is 1. The van der Waals surface area contributed by atoms with Crippen molar-refractivity contribution in [2.24, 2.45) is 0 Å². The minimum Gasteiger partial charge on any atom is -0.341 e. The highest BCUT2D eigenvalue weighted by molar-refractivity contribution is 9.10. The van der Waals surface area contributed by atoms with Gasteiger partial charge in [-0.25, -0.2) is 0 Å². The molecule has 2 amide bonds. The van der Waals surface area contributed by atoms with Crippen LogP contribution in [0.4, 0.5) is 5.69 Å². The van der Waals surface area contributed by atoms with E-state index in [4.69, 9.17) is 0 Å². The molecule has 7 heteroatoms. The fourth-order valence-electron chi connectivity index (χ4n) is 2.97. The third-order valence-corrected chi connectivity index (χ3v) is 5.79. The number of anilines is 1. The van der Waals surface area contributed by atoms with Crippen molar-refractivity contribution in [2.45, 2.75) is 26.2 Å². The van der Waals surface area contributed by atoms with E-state index in [9.17, 15) is 9.59 Å². The van der Waals surface area contributed by atoms with Crippen LogP contribution in [0.5, 0.6) is 0 Å². The molecule has 0 radical (unpaired) electrons. The second kappa shape index (κ2) is 11.6. The molecular formula is C19H28BrN3O2S. The molecule has 1 aliphatic heterocycles. The molecule has 1 aromatic rings. The lowest BCUT2D eigenvalue weighted by Crippen LogP contribution is -2.35. The van der Waals surface area contributed by atoms with E-state index in [1.54, 1.807) is 0 Å². The van der Waals surface area contributed by atoms with E-state index < -0.39 is 0 Å². The molecule has 0 atom stereocenters. The van der Waals surface area contributed by atoms with E-state index in [-0.39, 0.29) is 11.8 Å². The highest BCUT2D eigenvalue weighted by Gasteiger charge is 2.18. The zero-order chi connectivity index (χ0) is 18.8. The third kappa shape index (κ3) is 7.68. The lowest BCUT2D eigenvalue weighted by atomic mass is 10.3. The van der Waals surface area contributed by atoms with E-state index in [1.807, 2.05) is 29.2 Å². The Balaban J connectivity index is 1.62. The van der Waals surface area contributed by atoms with Crippen LogP contribution < -0.4 is 5.32 Å². The topological polar surface area (TPSA) is 52.7 Å². The van der Waals surface area contributed by atoms with E-state index in [0.29, 0.717) is 17.9 Å². The molecule has 26 heavy (non-hydrogen) atoms. The number of hydrogen-bond donors (Lipinski definition) is 1. The Bertz CT molecular complexity index is 583. The van der Waals surface area contributed by atoms with Crippen molar-refractivity contribution in [1.82, 2.24) is 9.80 Å². The monoisotopic (exact) mass is 441 g/mol. The average molecular weight is 442 g/mol. The number of amides is 2. The standard InChI is InChI=1S/C19H28BrN3O2S/c1-2-9-22-10-3-11-23(13-12-22)19(25)8-14-26-15-18(24)21-17-6-4-16(20)5-7-17/h4-7H,2-3,8-15H2,1H3,(H,21,24). The summed E-state index contributed by atoms with van der Waals surface area (Å²) in [6, 6.07) is 7.50. The Morgan fingerprint density at radius 2 is 1.92 bits per heavy atom. The summed E-state index contributed by atoms with van der Waals surface area (Å²) in [4.78, 5) is 28.7. The van der Waals surface area contributed by atoms with Gasteiger partial charge in [-0.2, -0.15) is 11.8 Å². The molecule has 1 N–H and O–H groups in total. The fourth-order valence-corrected chi connectivity index (χ4v) is 3.96. The van der Waals surface area contributed by atoms with Gasteiger partial charge in [-0.3, -0.25) is 9.59 Å². The van der Waals surface area contributed by atoms with Gasteiger partial charge in [0.15, 0.2) is 0 Å². The molecule has 144 valence electrons. The maximum absolute atomic E-state index is 12.4. The van der Waals surface area contributed by atoms with Gasteiger partial charge in [0.1, 0.15) is 0 Å². The van der Waals surface area contributed by atoms with Gasteiger partial charge in [0.25, 0.3) is 0 Å². The Kier molecular flexibility index (Phi) is 9.50. The van der Waals surface area contributed by atoms with Gasteiger partial charge in [-0.1, -0.05) is 22.9 Å². The minimum atomic E-state index is -0.0326. The predicted octanol–water partition coefficient (Wildman–Crippen LogP) is 3.46. The minimum absolute atomic E-state index is 0.0326. The van der Waals surface area contributed by atoms with Gasteiger partial charge in [0.05, 0.1) is 5.75 Å². The van der Waals surface area contributed by atoms with Gasteiger partial charge < -0.3 is 15.1 Å². The third-order valence-electron chi connectivity index (χ3n) is 4.30. The first-order chi connectivity index (χ1) is 12.6. The number of carbonyl (C=O) groups excluding carboxylic acids is 2. The summed E-state index contributed by atoms with van der Waals surface area (Å²) in [6.45, 7) is 7.05. The highest BCUT2D eigenvalue weighted by atomic mass is 79.9. The fraction of sp³-hybridized carbons (Fsp3) is 0.579. The molecule has 0 spiro atoms. The SMILES string of the molecule is CCCN1CCCN(C(=O)CCSCC(=O)Nc2ccc(Br)cc2)CC1. The first-order valence-electron chi connectivity index (χ1n) is 9.21. The summed E-state index contributed by atoms with van der Waals surface area (Å²) >= 11 is 4.88. The zero-order valence-electron chi connectivity index (χ0n) is 15.4. The number of hydrogen-bond acceptors (Lipinski definition) is 4. The molecule has 1 aliphatic rings. The van der Waals surface area contributed by atoms with Crippen LogP contribution in [-0.4, -0.2) is 65.8 Å². The number of nitrogens with one attached hydrogen (secondary N) is 1. The Hall–Kier alpha value is -1.05. The summed E-state index contributed by atoms with van der Waals surface area (Å²) in [6.07, 6.45) is 2.71. The molecule has 0 aromatic heterocycles. The molecule has 1 fully saturated rings. The molecule has 1 aromatic carbocycles. The molecule has 2 rings (SSSR count). The van der Waals surface area contributed by atoms with E-state index in [2.05, 4.69) is 33.1 Å². The largest absolute Gasteiger partial charge is 0.341 e. The van der Waals surface area contributed by atoms with Gasteiger partial charge in [-0.15, -0.1) is 0 Å². The van der Waals surface area contributed by atoms with E-state index in [1.165, 1.54) is 11.8 Å². The summed E-state index contributed by atoms with van der Waals surface area (Å²) in [7, 11) is 0. The van der Waals surface area contributed by atoms with Crippen molar-refractivity contribution in [3.8, 4) is 0 Å². The lowest BCUT2D eigenvalue weighted by Gasteiger charge is -2.21. The quantitative estimate of drug-likeness (QED) is 0.627. The van der Waals surface area contributed by atoms with Crippen molar-refractivity contribution >= 4 is 45.2 Å². The van der Waals surface area contributed by atoms with Crippen LogP contribution in [0, 0.1) is 0 Å². The van der Waals surface area contributed by atoms with Crippen LogP contribution in [0.1, 0.15) is 26.2 Å². The normalized spacial score (nSPS) is 15.5. The number of benzene rings is 1. The number of rotatable bonds is 8. The summed E-state index contributed by atoms with van der Waals surface area (Å²) in [5, 5.41) is 2.86. The molecule has 0 aliphatic carbocycles. The molecular weight excluding hydrogens is 414 g/mol. The van der Waals surface area contributed by atoms with Crippen molar-refractivity contribution < 1.29 is 9.59 Å². The molecule has 0 unspecified atom stereocenters. The predicted molar refractivity (Wildman–Crippen MR) is 113 cm³/mol. The average Bonchev–Trinajstić information content (AvgIpc) is 2.87. The zero-order valence-corrected chi connectivity index (χ0v) is 17.8. The van der Waals surface area contributed by atoms with Crippen molar-refractivity contribution in [2.75, 3.05) is 49.5 Å².